The fourth-order valence-electron chi connectivity index (χ4n) is 10.8. The van der Waals surface area contributed by atoms with Crippen LogP contribution >= 0.6 is 0 Å². The van der Waals surface area contributed by atoms with Gasteiger partial charge in [0.15, 0.2) is 25.2 Å². The summed E-state index contributed by atoms with van der Waals surface area (Å²) in [7, 11) is 0. The van der Waals surface area contributed by atoms with E-state index in [-0.39, 0.29) is 123 Å². The van der Waals surface area contributed by atoms with Gasteiger partial charge >= 0.3 is 6.09 Å². The van der Waals surface area contributed by atoms with Crippen molar-refractivity contribution in [1.29, 1.82) is 0 Å². The molecule has 1 aromatic carbocycles. The molecule has 4 heterocycles. The molecule has 36 nitrogen and oxygen atoms in total. The molecule has 0 bridgehead atoms. The van der Waals surface area contributed by atoms with Gasteiger partial charge < -0.3 is 141 Å². The molecule has 4 fully saturated rings. The normalized spacial score (nSPS) is 30.9. The molecule has 36 heteroatoms. The number of aliphatic hydroxyl groups excluding tert-OH is 12. The van der Waals surface area contributed by atoms with Gasteiger partial charge in [0.2, 0.25) is 35.4 Å². The third-order valence-electron chi connectivity index (χ3n) is 16.8. The highest BCUT2D eigenvalue weighted by Gasteiger charge is 2.46. The highest BCUT2D eigenvalue weighted by molar-refractivity contribution is 5.86. The van der Waals surface area contributed by atoms with Gasteiger partial charge in [-0.05, 0) is 84.6 Å². The van der Waals surface area contributed by atoms with Crippen LogP contribution in [0.3, 0.4) is 0 Å². The SMILES string of the molecule is C[C@@H]1O[C@@H](OCCNC(=O)CCCCC(=O)NCCCC[C@H](NC(=O)OCc2ccccc2)C(=O)NCCCC[C@@H](C(=O)NCCO[C@@H]2O[C@@H](C)[C@@H](O)[C@@H](O)[C@@H]2O)N(CC(=O)NCCO[C@@H]2O[C@@H](C)[C@@H](O)[C@@H](O)[C@@H]2O)CC(=O)NCCO[C@@H]2O[C@@H](C)[C@@H](O)[C@@H](O)[C@@H]2O)[C@@H](O)[C@H](O)[C@@H]1O. The number of benzene rings is 1. The monoisotopic (exact) mass is 1410 g/mol. The third-order valence-corrected chi connectivity index (χ3v) is 16.8. The van der Waals surface area contributed by atoms with Gasteiger partial charge in [0.1, 0.15) is 85.9 Å². The van der Waals surface area contributed by atoms with Gasteiger partial charge in [-0.25, -0.2) is 4.79 Å². The summed E-state index contributed by atoms with van der Waals surface area (Å²) in [6.07, 6.45) is -25.6. The first kappa shape index (κ1) is 83.1. The third kappa shape index (κ3) is 27.4. The second kappa shape index (κ2) is 43.3. The Hall–Kier alpha value is -5.53. The van der Waals surface area contributed by atoms with E-state index in [2.05, 4.69) is 37.2 Å². The predicted molar refractivity (Wildman–Crippen MR) is 336 cm³/mol. The molecular weight excluding hydrogens is 1300 g/mol. The molecule has 98 heavy (non-hydrogen) atoms. The Morgan fingerprint density at radius 1 is 0.408 bits per heavy atom. The van der Waals surface area contributed by atoms with E-state index < -0.39 is 178 Å². The molecular formula is C62H104N8O28. The lowest BCUT2D eigenvalue weighted by Crippen LogP contribution is -2.58. The summed E-state index contributed by atoms with van der Waals surface area (Å²) >= 11 is 0. The number of nitrogens with zero attached hydrogens (tertiary/aromatic N) is 1. The van der Waals surface area contributed by atoms with Crippen LogP contribution in [-0.4, -0.2) is 321 Å². The van der Waals surface area contributed by atoms with Crippen LogP contribution in [0.2, 0.25) is 0 Å². The molecule has 7 amide bonds. The van der Waals surface area contributed by atoms with Crippen LogP contribution in [0.15, 0.2) is 30.3 Å². The summed E-state index contributed by atoms with van der Waals surface area (Å²) in [4.78, 5) is 95.2. The van der Waals surface area contributed by atoms with Crippen LogP contribution in [0.1, 0.15) is 97.5 Å². The fourth-order valence-corrected chi connectivity index (χ4v) is 10.8. The maximum Gasteiger partial charge on any atom is 0.408 e. The topological polar surface area (TPSA) is 533 Å². The molecule has 0 spiro atoms. The summed E-state index contributed by atoms with van der Waals surface area (Å²) < 4.78 is 49.3. The van der Waals surface area contributed by atoms with E-state index >= 15 is 0 Å². The summed E-state index contributed by atoms with van der Waals surface area (Å²) in [6.45, 7) is 3.35. The van der Waals surface area contributed by atoms with Crippen molar-refractivity contribution in [3.8, 4) is 0 Å². The van der Waals surface area contributed by atoms with Crippen LogP contribution < -0.4 is 37.2 Å². The lowest BCUT2D eigenvalue weighted by Gasteiger charge is -2.39. The van der Waals surface area contributed by atoms with E-state index in [1.54, 1.807) is 30.3 Å². The van der Waals surface area contributed by atoms with Crippen molar-refractivity contribution in [2.24, 2.45) is 0 Å². The van der Waals surface area contributed by atoms with Crippen LogP contribution in [0.25, 0.3) is 0 Å². The Bertz CT molecular complexity index is 2500. The number of hydrogen-bond donors (Lipinski definition) is 19. The molecule has 0 radical (unpaired) electrons. The molecule has 4 aliphatic heterocycles. The maximum atomic E-state index is 14.4. The Labute approximate surface area is 567 Å². The summed E-state index contributed by atoms with van der Waals surface area (Å²) in [5.41, 5.74) is 0.690. The Kier molecular flexibility index (Phi) is 36.7. The second-order valence-electron chi connectivity index (χ2n) is 24.6. The molecule has 1 aromatic rings. The fraction of sp³-hybridized carbons (Fsp3) is 0.790. The number of amides is 7. The molecule has 0 aliphatic carbocycles. The highest BCUT2D eigenvalue weighted by atomic mass is 16.7. The number of hydrogen-bond acceptors (Lipinski definition) is 29. The van der Waals surface area contributed by atoms with E-state index in [0.29, 0.717) is 31.2 Å². The van der Waals surface area contributed by atoms with Crippen molar-refractivity contribution in [3.63, 3.8) is 0 Å². The zero-order valence-electron chi connectivity index (χ0n) is 55.7. The van der Waals surface area contributed by atoms with E-state index in [9.17, 15) is 94.8 Å². The Balaban J connectivity index is 1.18. The Morgan fingerprint density at radius 2 is 0.755 bits per heavy atom. The van der Waals surface area contributed by atoms with E-state index in [1.807, 2.05) is 0 Å². The predicted octanol–water partition coefficient (Wildman–Crippen LogP) is -7.07. The number of unbranched alkanes of at least 4 members (excludes halogenated alkanes) is 3. The molecule has 0 unspecified atom stereocenters. The van der Waals surface area contributed by atoms with E-state index in [0.717, 1.165) is 0 Å². The van der Waals surface area contributed by atoms with Gasteiger partial charge in [0.25, 0.3) is 0 Å². The van der Waals surface area contributed by atoms with Crippen LogP contribution in [0.4, 0.5) is 4.79 Å². The smallest absolute Gasteiger partial charge is 0.408 e. The minimum absolute atomic E-state index is 0.00510. The largest absolute Gasteiger partial charge is 0.445 e. The maximum absolute atomic E-state index is 14.4. The van der Waals surface area contributed by atoms with Crippen molar-refractivity contribution in [2.75, 3.05) is 78.8 Å². The van der Waals surface area contributed by atoms with Crippen molar-refractivity contribution >= 4 is 41.5 Å². The standard InChI is InChI=1S/C62H104N8O28/c1-33-44(75)48(79)52(83)58(95-33)90-26-22-64-41(72)19-9-8-18-40(71)63-20-12-10-16-38(69-62(89)94-32-37-14-6-5-7-15-37)56(87)67-21-13-11-17-39(57(88)68-25-29-93-61-55(86)51(82)47(78)36(4)98-61)70(30-42(73)65-23-27-91-59-53(84)49(80)45(76)34(2)96-59)31-43(74)66-24-28-92-60-54(85)50(81)46(77)35(3)97-60/h5-7,14-15,33-36,38-39,44-55,58-61,75-86H,8-13,16-32H2,1-4H3,(H,63,71)(H,64,72)(H,65,73)(H,66,74)(H,67,87)(H,68,88)(H,69,89)/t33-,34-,35-,36-,38-,39-,44+,45+,46+,47+,48+,49+,50+,51+,52-,53-,54-,55-,58+,59+,60+,61+/m0/s1. The molecule has 4 aliphatic rings. The number of nitrogens with one attached hydrogen (secondary N) is 7. The Morgan fingerprint density at radius 3 is 1.16 bits per heavy atom. The van der Waals surface area contributed by atoms with E-state index in [1.165, 1.54) is 32.6 Å². The minimum atomic E-state index is -1.65. The summed E-state index contributed by atoms with van der Waals surface area (Å²) in [6, 6.07) is 6.41. The lowest BCUT2D eigenvalue weighted by atomic mass is 10.0. The van der Waals surface area contributed by atoms with Crippen molar-refractivity contribution in [1.82, 2.24) is 42.1 Å². The number of rotatable bonds is 41. The van der Waals surface area contributed by atoms with Crippen LogP contribution in [0, 0.1) is 0 Å². The van der Waals surface area contributed by atoms with Gasteiger partial charge in [-0.1, -0.05) is 30.3 Å². The summed E-state index contributed by atoms with van der Waals surface area (Å²) in [5, 5.41) is 141. The van der Waals surface area contributed by atoms with E-state index in [4.69, 9.17) is 42.6 Å². The highest BCUT2D eigenvalue weighted by Crippen LogP contribution is 2.25. The molecule has 4 saturated heterocycles. The molecule has 0 saturated carbocycles. The quantitative estimate of drug-likeness (QED) is 0.0271. The minimum Gasteiger partial charge on any atom is -0.445 e. The van der Waals surface area contributed by atoms with Crippen molar-refractivity contribution in [3.05, 3.63) is 35.9 Å². The first-order valence-corrected chi connectivity index (χ1v) is 33.3. The van der Waals surface area contributed by atoms with Gasteiger partial charge in [-0.15, -0.1) is 0 Å². The molecule has 22 atom stereocenters. The van der Waals surface area contributed by atoms with Gasteiger partial charge in [0.05, 0.1) is 70.0 Å². The molecule has 0 aromatic heterocycles. The van der Waals surface area contributed by atoms with Crippen molar-refractivity contribution < 1.29 is 137 Å². The van der Waals surface area contributed by atoms with Crippen molar-refractivity contribution in [2.45, 2.75) is 233 Å². The zero-order chi connectivity index (χ0) is 72.0. The average molecular weight is 1410 g/mol. The van der Waals surface area contributed by atoms with Crippen LogP contribution in [0.5, 0.6) is 0 Å². The number of alkyl carbamates (subject to hydrolysis) is 1. The van der Waals surface area contributed by atoms with Gasteiger partial charge in [-0.2, -0.15) is 0 Å². The molecule has 19 N–H and O–H groups in total. The lowest BCUT2D eigenvalue weighted by molar-refractivity contribution is -0.292. The number of carbonyl (C=O) groups excluding carboxylic acids is 7. The molecule has 560 valence electrons. The summed E-state index contributed by atoms with van der Waals surface area (Å²) in [5.74, 6) is -3.32. The first-order chi connectivity index (χ1) is 46.7. The zero-order valence-corrected chi connectivity index (χ0v) is 55.7. The first-order valence-electron chi connectivity index (χ1n) is 33.3. The molecule has 5 rings (SSSR count). The number of carbonyl (C=O) groups is 7. The number of aliphatic hydroxyl groups is 12. The van der Waals surface area contributed by atoms with Crippen LogP contribution in [-0.2, 0) is 78.0 Å². The van der Waals surface area contributed by atoms with Gasteiger partial charge in [-0.3, -0.25) is 33.7 Å². The average Bonchev–Trinajstić information content (AvgIpc) is 0.848. The van der Waals surface area contributed by atoms with Gasteiger partial charge in [0, 0.05) is 52.1 Å². The second-order valence-corrected chi connectivity index (χ2v) is 24.6. The number of ether oxygens (including phenoxy) is 9.